The van der Waals surface area contributed by atoms with Gasteiger partial charge in [-0.25, -0.2) is 8.42 Å². The highest BCUT2D eigenvalue weighted by Gasteiger charge is 2.36. The van der Waals surface area contributed by atoms with Crippen LogP contribution in [0.2, 0.25) is 0 Å². The molecule has 2 amide bonds. The van der Waals surface area contributed by atoms with Crippen LogP contribution in [-0.4, -0.2) is 67.7 Å². The SMILES string of the molecule is CC1CCCN(C(=O)C(=O)N(C)C2CCS(=O)(=O)C2)C1. The minimum Gasteiger partial charge on any atom is -0.334 e. The topological polar surface area (TPSA) is 74.8 Å². The molecule has 20 heavy (non-hydrogen) atoms. The quantitative estimate of drug-likeness (QED) is 0.634. The first-order valence-electron chi connectivity index (χ1n) is 7.06. The van der Waals surface area contributed by atoms with Crippen LogP contribution in [0.4, 0.5) is 0 Å². The zero-order valence-corrected chi connectivity index (χ0v) is 12.9. The van der Waals surface area contributed by atoms with Crippen molar-refractivity contribution in [2.75, 3.05) is 31.6 Å². The molecule has 2 atom stereocenters. The summed E-state index contributed by atoms with van der Waals surface area (Å²) in [5, 5.41) is 0. The summed E-state index contributed by atoms with van der Waals surface area (Å²) in [6.45, 7) is 3.30. The van der Waals surface area contributed by atoms with E-state index in [0.29, 0.717) is 25.4 Å². The molecule has 0 aromatic heterocycles. The standard InChI is InChI=1S/C13H22N2O4S/c1-10-4-3-6-15(8-10)13(17)12(16)14(2)11-5-7-20(18,19)9-11/h10-11H,3-9H2,1-2H3. The van der Waals surface area contributed by atoms with Crippen LogP contribution in [0.5, 0.6) is 0 Å². The van der Waals surface area contributed by atoms with Gasteiger partial charge in [0.15, 0.2) is 9.84 Å². The van der Waals surface area contributed by atoms with Crippen molar-refractivity contribution in [3.63, 3.8) is 0 Å². The fraction of sp³-hybridized carbons (Fsp3) is 0.846. The maximum Gasteiger partial charge on any atom is 0.312 e. The number of sulfone groups is 1. The molecule has 0 saturated carbocycles. The van der Waals surface area contributed by atoms with E-state index in [0.717, 1.165) is 12.8 Å². The summed E-state index contributed by atoms with van der Waals surface area (Å²) in [5.41, 5.74) is 0. The van der Waals surface area contributed by atoms with E-state index < -0.39 is 21.7 Å². The van der Waals surface area contributed by atoms with Crippen LogP contribution in [0.3, 0.4) is 0 Å². The van der Waals surface area contributed by atoms with Crippen LogP contribution in [0.25, 0.3) is 0 Å². The molecule has 6 nitrogen and oxygen atoms in total. The van der Waals surface area contributed by atoms with Crippen LogP contribution in [-0.2, 0) is 19.4 Å². The summed E-state index contributed by atoms with van der Waals surface area (Å²) in [6, 6.07) is -0.362. The van der Waals surface area contributed by atoms with Crippen molar-refractivity contribution < 1.29 is 18.0 Å². The van der Waals surface area contributed by atoms with E-state index in [1.54, 1.807) is 4.90 Å². The molecule has 2 fully saturated rings. The van der Waals surface area contributed by atoms with Gasteiger partial charge in [-0.3, -0.25) is 9.59 Å². The van der Waals surface area contributed by atoms with E-state index in [1.165, 1.54) is 11.9 Å². The van der Waals surface area contributed by atoms with E-state index in [2.05, 4.69) is 6.92 Å². The summed E-state index contributed by atoms with van der Waals surface area (Å²) in [5.74, 6) is -0.592. The number of amides is 2. The second kappa shape index (κ2) is 5.71. The first-order chi connectivity index (χ1) is 9.30. The van der Waals surface area contributed by atoms with E-state index in [-0.39, 0.29) is 17.5 Å². The number of likely N-dealkylation sites (N-methyl/N-ethyl adjacent to an activating group) is 1. The largest absolute Gasteiger partial charge is 0.334 e. The molecular formula is C13H22N2O4S. The predicted molar refractivity (Wildman–Crippen MR) is 74.8 cm³/mol. The van der Waals surface area contributed by atoms with Crippen molar-refractivity contribution >= 4 is 21.7 Å². The smallest absolute Gasteiger partial charge is 0.312 e. The molecule has 2 rings (SSSR count). The highest BCUT2D eigenvalue weighted by atomic mass is 32.2. The molecule has 114 valence electrons. The molecule has 0 aliphatic carbocycles. The van der Waals surface area contributed by atoms with Gasteiger partial charge in [-0.05, 0) is 25.2 Å². The van der Waals surface area contributed by atoms with Gasteiger partial charge in [0.25, 0.3) is 0 Å². The molecule has 7 heteroatoms. The average Bonchev–Trinajstić information content (AvgIpc) is 2.76. The zero-order chi connectivity index (χ0) is 14.9. The number of carbonyl (C=O) groups excluding carboxylic acids is 2. The second-order valence-electron chi connectivity index (χ2n) is 5.97. The number of piperidine rings is 1. The Kier molecular flexibility index (Phi) is 4.36. The number of nitrogens with zero attached hydrogens (tertiary/aromatic N) is 2. The number of hydrogen-bond acceptors (Lipinski definition) is 4. The molecule has 0 spiro atoms. The third-order valence-corrected chi connectivity index (χ3v) is 5.95. The Hall–Kier alpha value is -1.11. The molecule has 2 aliphatic rings. The molecule has 0 N–H and O–H groups in total. The van der Waals surface area contributed by atoms with Crippen LogP contribution in [0.15, 0.2) is 0 Å². The molecule has 2 saturated heterocycles. The fourth-order valence-electron chi connectivity index (χ4n) is 2.91. The first kappa shape index (κ1) is 15.3. The number of rotatable bonds is 1. The highest BCUT2D eigenvalue weighted by Crippen LogP contribution is 2.19. The Morgan fingerprint density at radius 3 is 2.50 bits per heavy atom. The van der Waals surface area contributed by atoms with Crippen molar-refractivity contribution in [3.05, 3.63) is 0 Å². The maximum absolute atomic E-state index is 12.2. The van der Waals surface area contributed by atoms with Crippen LogP contribution < -0.4 is 0 Å². The van der Waals surface area contributed by atoms with Gasteiger partial charge >= 0.3 is 11.8 Å². The first-order valence-corrected chi connectivity index (χ1v) is 8.89. The number of carbonyl (C=O) groups is 2. The van der Waals surface area contributed by atoms with Gasteiger partial charge in [0.05, 0.1) is 11.5 Å². The monoisotopic (exact) mass is 302 g/mol. The highest BCUT2D eigenvalue weighted by molar-refractivity contribution is 7.91. The molecule has 0 aromatic carbocycles. The van der Waals surface area contributed by atoms with Crippen molar-refractivity contribution in [1.82, 2.24) is 9.80 Å². The lowest BCUT2D eigenvalue weighted by Gasteiger charge is -2.32. The second-order valence-corrected chi connectivity index (χ2v) is 8.20. The zero-order valence-electron chi connectivity index (χ0n) is 12.0. The normalized spacial score (nSPS) is 29.2. The summed E-state index contributed by atoms with van der Waals surface area (Å²) >= 11 is 0. The van der Waals surface area contributed by atoms with E-state index in [1.807, 2.05) is 0 Å². The van der Waals surface area contributed by atoms with E-state index in [4.69, 9.17) is 0 Å². The molecule has 2 aliphatic heterocycles. The summed E-state index contributed by atoms with van der Waals surface area (Å²) in [6.07, 6.45) is 2.42. The molecular weight excluding hydrogens is 280 g/mol. The Morgan fingerprint density at radius 1 is 1.25 bits per heavy atom. The van der Waals surface area contributed by atoms with E-state index >= 15 is 0 Å². The van der Waals surface area contributed by atoms with Crippen molar-refractivity contribution in [2.45, 2.75) is 32.2 Å². The average molecular weight is 302 g/mol. The molecule has 0 radical (unpaired) electrons. The Balaban J connectivity index is 1.98. The van der Waals surface area contributed by atoms with Crippen LogP contribution in [0.1, 0.15) is 26.2 Å². The third-order valence-electron chi connectivity index (χ3n) is 4.20. The third kappa shape index (κ3) is 3.31. The lowest BCUT2D eigenvalue weighted by molar-refractivity contribution is -0.153. The van der Waals surface area contributed by atoms with Gasteiger partial charge in [-0.2, -0.15) is 0 Å². The van der Waals surface area contributed by atoms with Crippen molar-refractivity contribution in [2.24, 2.45) is 5.92 Å². The maximum atomic E-state index is 12.2. The van der Waals surface area contributed by atoms with Crippen molar-refractivity contribution in [3.8, 4) is 0 Å². The van der Waals surface area contributed by atoms with Gasteiger partial charge in [0, 0.05) is 26.2 Å². The van der Waals surface area contributed by atoms with Gasteiger partial charge in [-0.15, -0.1) is 0 Å². The molecule has 2 heterocycles. The molecule has 2 unspecified atom stereocenters. The van der Waals surface area contributed by atoms with Crippen molar-refractivity contribution in [1.29, 1.82) is 0 Å². The Morgan fingerprint density at radius 2 is 1.95 bits per heavy atom. The summed E-state index contributed by atoms with van der Waals surface area (Å²) in [4.78, 5) is 27.3. The van der Waals surface area contributed by atoms with Gasteiger partial charge in [0.2, 0.25) is 0 Å². The van der Waals surface area contributed by atoms with E-state index in [9.17, 15) is 18.0 Å². The lowest BCUT2D eigenvalue weighted by Crippen LogP contribution is -2.50. The van der Waals surface area contributed by atoms with Gasteiger partial charge in [0.1, 0.15) is 0 Å². The summed E-state index contributed by atoms with van der Waals surface area (Å²) in [7, 11) is -1.53. The minimum absolute atomic E-state index is 0.0288. The lowest BCUT2D eigenvalue weighted by atomic mass is 10.0. The fourth-order valence-corrected chi connectivity index (χ4v) is 4.68. The number of hydrogen-bond donors (Lipinski definition) is 0. The Labute approximate surface area is 120 Å². The Bertz CT molecular complexity index is 503. The van der Waals surface area contributed by atoms with Gasteiger partial charge in [-0.1, -0.05) is 6.92 Å². The molecule has 0 bridgehead atoms. The minimum atomic E-state index is -3.05. The summed E-state index contributed by atoms with van der Waals surface area (Å²) < 4.78 is 22.9. The van der Waals surface area contributed by atoms with Crippen LogP contribution in [0, 0.1) is 5.92 Å². The van der Waals surface area contributed by atoms with Crippen LogP contribution >= 0.6 is 0 Å². The predicted octanol–water partition coefficient (Wildman–Crippen LogP) is -0.110. The molecule has 0 aromatic rings. The number of likely N-dealkylation sites (tertiary alicyclic amines) is 1. The van der Waals surface area contributed by atoms with Gasteiger partial charge < -0.3 is 9.80 Å².